The van der Waals surface area contributed by atoms with Gasteiger partial charge in [0.15, 0.2) is 11.6 Å². The first-order chi connectivity index (χ1) is 16.4. The highest BCUT2D eigenvalue weighted by Gasteiger charge is 2.27. The summed E-state index contributed by atoms with van der Waals surface area (Å²) in [6, 6.07) is 3.23. The summed E-state index contributed by atoms with van der Waals surface area (Å²) in [5, 5.41) is 3.14. The number of benzene rings is 1. The molecule has 2 saturated carbocycles. The number of hydrogen-bond acceptors (Lipinski definition) is 6. The second kappa shape index (κ2) is 10.4. The van der Waals surface area contributed by atoms with Gasteiger partial charge >= 0.3 is 0 Å². The van der Waals surface area contributed by atoms with Crippen molar-refractivity contribution in [3.05, 3.63) is 35.5 Å². The molecule has 2 fully saturated rings. The highest BCUT2D eigenvalue weighted by Crippen LogP contribution is 2.39. The van der Waals surface area contributed by atoms with E-state index in [9.17, 15) is 9.18 Å². The van der Waals surface area contributed by atoms with E-state index in [1.54, 1.807) is 6.07 Å². The summed E-state index contributed by atoms with van der Waals surface area (Å²) < 4.78 is 25.7. The standard InChI is InChI=1S/C25H30FN5O3.ClH/c1-13-21(25(32)31-16-7-5-15(27)6-8-16)23-24(30-13)22(28-12-29-23)17-9-20(33-2)18(26)10-19(17)34-11-14-3-4-14;/h9-10,12,14-16,30H,3-8,11,27H2,1-2H3,(H,31,32);1H/t15-,16-;. The van der Waals surface area contributed by atoms with Crippen LogP contribution in [-0.4, -0.2) is 46.7 Å². The van der Waals surface area contributed by atoms with Crippen LogP contribution in [0.3, 0.4) is 0 Å². The minimum absolute atomic E-state index is 0. The monoisotopic (exact) mass is 503 g/mol. The van der Waals surface area contributed by atoms with Gasteiger partial charge in [0.1, 0.15) is 23.3 Å². The van der Waals surface area contributed by atoms with Gasteiger partial charge in [-0.3, -0.25) is 4.79 Å². The molecule has 10 heteroatoms. The van der Waals surface area contributed by atoms with Crippen molar-refractivity contribution < 1.29 is 18.7 Å². The van der Waals surface area contributed by atoms with E-state index in [-0.39, 0.29) is 36.1 Å². The number of aromatic amines is 1. The zero-order valence-corrected chi connectivity index (χ0v) is 20.7. The number of ether oxygens (including phenoxy) is 2. The molecule has 2 aromatic heterocycles. The number of aromatic nitrogens is 3. The number of carbonyl (C=O) groups is 1. The molecule has 35 heavy (non-hydrogen) atoms. The molecule has 0 bridgehead atoms. The van der Waals surface area contributed by atoms with Crippen molar-refractivity contribution in [2.75, 3.05) is 13.7 Å². The van der Waals surface area contributed by atoms with Crippen LogP contribution in [0.15, 0.2) is 18.5 Å². The van der Waals surface area contributed by atoms with Crippen LogP contribution in [0.4, 0.5) is 4.39 Å². The Labute approximate surface area is 209 Å². The number of nitrogens with zero attached hydrogens (tertiary/aromatic N) is 2. The Morgan fingerprint density at radius 1 is 1.17 bits per heavy atom. The lowest BCUT2D eigenvalue weighted by Crippen LogP contribution is -2.40. The molecule has 0 unspecified atom stereocenters. The molecule has 2 aliphatic carbocycles. The van der Waals surface area contributed by atoms with Crippen LogP contribution in [0, 0.1) is 18.7 Å². The Bertz CT molecular complexity index is 1220. The van der Waals surface area contributed by atoms with Crippen molar-refractivity contribution in [2.24, 2.45) is 11.7 Å². The Morgan fingerprint density at radius 3 is 2.60 bits per heavy atom. The maximum atomic E-state index is 14.5. The third-order valence-electron chi connectivity index (χ3n) is 6.79. The van der Waals surface area contributed by atoms with E-state index in [1.807, 2.05) is 6.92 Å². The molecule has 2 aliphatic rings. The number of hydrogen-bond donors (Lipinski definition) is 3. The number of nitrogens with one attached hydrogen (secondary N) is 2. The molecule has 0 atom stereocenters. The van der Waals surface area contributed by atoms with Crippen molar-refractivity contribution in [3.63, 3.8) is 0 Å². The number of halogens is 2. The SMILES string of the molecule is COc1cc(-c2ncnc3c(C(=O)N[C@H]4CC[C@H](N)CC4)c(C)[nH]c23)c(OCC2CC2)cc1F.Cl. The Morgan fingerprint density at radius 2 is 1.91 bits per heavy atom. The predicted octanol–water partition coefficient (Wildman–Crippen LogP) is 4.29. The van der Waals surface area contributed by atoms with Crippen LogP contribution < -0.4 is 20.5 Å². The molecule has 188 valence electrons. The summed E-state index contributed by atoms with van der Waals surface area (Å²) in [7, 11) is 1.42. The van der Waals surface area contributed by atoms with E-state index in [4.69, 9.17) is 15.2 Å². The van der Waals surface area contributed by atoms with Crippen LogP contribution >= 0.6 is 12.4 Å². The smallest absolute Gasteiger partial charge is 0.255 e. The van der Waals surface area contributed by atoms with Crippen LogP contribution in [0.25, 0.3) is 22.3 Å². The van der Waals surface area contributed by atoms with Crippen molar-refractivity contribution >= 4 is 29.3 Å². The lowest BCUT2D eigenvalue weighted by atomic mass is 9.91. The summed E-state index contributed by atoms with van der Waals surface area (Å²) >= 11 is 0. The largest absolute Gasteiger partial charge is 0.494 e. The van der Waals surface area contributed by atoms with Crippen molar-refractivity contribution in [1.82, 2.24) is 20.3 Å². The Hall–Kier alpha value is -2.91. The number of carbonyl (C=O) groups excluding carboxylic acids is 1. The first-order valence-electron chi connectivity index (χ1n) is 11.8. The number of fused-ring (bicyclic) bond motifs is 1. The molecular weight excluding hydrogens is 473 g/mol. The van der Waals surface area contributed by atoms with E-state index >= 15 is 0 Å². The quantitative estimate of drug-likeness (QED) is 0.443. The fraction of sp³-hybridized carbons (Fsp3) is 0.480. The van der Waals surface area contributed by atoms with Crippen molar-refractivity contribution in [3.8, 4) is 22.8 Å². The van der Waals surface area contributed by atoms with Crippen molar-refractivity contribution in [2.45, 2.75) is 57.5 Å². The lowest BCUT2D eigenvalue weighted by Gasteiger charge is -2.26. The maximum absolute atomic E-state index is 14.5. The Balaban J connectivity index is 0.00000289. The third kappa shape index (κ3) is 5.21. The average Bonchev–Trinajstić information content (AvgIpc) is 3.59. The first kappa shape index (κ1) is 25.2. The topological polar surface area (TPSA) is 115 Å². The molecule has 4 N–H and O–H groups in total. The lowest BCUT2D eigenvalue weighted by molar-refractivity contribution is 0.0927. The van der Waals surface area contributed by atoms with E-state index in [0.717, 1.165) is 38.5 Å². The summed E-state index contributed by atoms with van der Waals surface area (Å²) in [6.07, 6.45) is 7.19. The van der Waals surface area contributed by atoms with Crippen LogP contribution in [0.5, 0.6) is 11.5 Å². The van der Waals surface area contributed by atoms with Gasteiger partial charge in [-0.25, -0.2) is 14.4 Å². The van der Waals surface area contributed by atoms with Gasteiger partial charge < -0.3 is 25.5 Å². The number of rotatable bonds is 7. The van der Waals surface area contributed by atoms with E-state index in [2.05, 4.69) is 20.3 Å². The molecule has 2 heterocycles. The second-order valence-corrected chi connectivity index (χ2v) is 9.39. The number of amides is 1. The number of aryl methyl sites for hydroxylation is 1. The van der Waals surface area contributed by atoms with Gasteiger partial charge in [0, 0.05) is 29.4 Å². The number of nitrogens with two attached hydrogens (primary N) is 1. The summed E-state index contributed by atoms with van der Waals surface area (Å²) in [6.45, 7) is 2.36. The van der Waals surface area contributed by atoms with Gasteiger partial charge in [0.25, 0.3) is 5.91 Å². The summed E-state index contributed by atoms with van der Waals surface area (Å²) in [5.74, 6) is 0.313. The molecule has 8 nitrogen and oxygen atoms in total. The van der Waals surface area contributed by atoms with E-state index in [1.165, 1.54) is 19.5 Å². The maximum Gasteiger partial charge on any atom is 0.255 e. The molecule has 1 amide bonds. The van der Waals surface area contributed by atoms with Gasteiger partial charge in [-0.15, -0.1) is 12.4 Å². The van der Waals surface area contributed by atoms with Crippen molar-refractivity contribution in [1.29, 1.82) is 0 Å². The van der Waals surface area contributed by atoms with Gasteiger partial charge in [-0.1, -0.05) is 0 Å². The van der Waals surface area contributed by atoms with E-state index in [0.29, 0.717) is 51.8 Å². The summed E-state index contributed by atoms with van der Waals surface area (Å²) in [4.78, 5) is 25.4. The minimum Gasteiger partial charge on any atom is -0.494 e. The zero-order valence-electron chi connectivity index (χ0n) is 19.9. The third-order valence-corrected chi connectivity index (χ3v) is 6.79. The summed E-state index contributed by atoms with van der Waals surface area (Å²) in [5.41, 5.74) is 9.41. The van der Waals surface area contributed by atoms with Gasteiger partial charge in [0.05, 0.1) is 24.8 Å². The molecule has 0 radical (unpaired) electrons. The molecule has 1 aromatic carbocycles. The van der Waals surface area contributed by atoms with E-state index < -0.39 is 5.82 Å². The Kier molecular flexibility index (Phi) is 7.47. The zero-order chi connectivity index (χ0) is 23.8. The fourth-order valence-corrected chi connectivity index (χ4v) is 4.61. The minimum atomic E-state index is -0.503. The normalized spacial score (nSPS) is 19.8. The van der Waals surface area contributed by atoms with Crippen LogP contribution in [0.1, 0.15) is 54.6 Å². The van der Waals surface area contributed by atoms with Gasteiger partial charge in [0.2, 0.25) is 0 Å². The average molecular weight is 504 g/mol. The van der Waals surface area contributed by atoms with Crippen LogP contribution in [-0.2, 0) is 0 Å². The molecule has 0 aliphatic heterocycles. The van der Waals surface area contributed by atoms with Crippen LogP contribution in [0.2, 0.25) is 0 Å². The second-order valence-electron chi connectivity index (χ2n) is 9.39. The molecule has 0 spiro atoms. The molecule has 0 saturated heterocycles. The molecule has 3 aromatic rings. The molecular formula is C25H31ClFN5O3. The highest BCUT2D eigenvalue weighted by atomic mass is 35.5. The predicted molar refractivity (Wildman–Crippen MR) is 134 cm³/mol. The number of methoxy groups -OCH3 is 1. The van der Waals surface area contributed by atoms with Gasteiger partial charge in [-0.05, 0) is 57.4 Å². The fourth-order valence-electron chi connectivity index (χ4n) is 4.61. The highest BCUT2D eigenvalue weighted by molar-refractivity contribution is 6.09. The number of H-pyrrole nitrogens is 1. The first-order valence-corrected chi connectivity index (χ1v) is 11.8. The molecule has 5 rings (SSSR count). The van der Waals surface area contributed by atoms with Gasteiger partial charge in [-0.2, -0.15) is 0 Å².